The molecular formula is C14H17N5S. The summed E-state index contributed by atoms with van der Waals surface area (Å²) in [5.41, 5.74) is 0.891. The van der Waals surface area contributed by atoms with Crippen LogP contribution in [0.25, 0.3) is 5.65 Å². The maximum absolute atomic E-state index is 4.68. The van der Waals surface area contributed by atoms with Crippen molar-refractivity contribution in [3.05, 3.63) is 41.0 Å². The predicted octanol–water partition coefficient (Wildman–Crippen LogP) is 2.86. The third-order valence-corrected chi connectivity index (χ3v) is 4.08. The molecule has 0 aromatic carbocycles. The molecule has 0 bridgehead atoms. The van der Waals surface area contributed by atoms with Crippen LogP contribution in [0, 0.1) is 0 Å². The van der Waals surface area contributed by atoms with Crippen LogP contribution in [0.4, 0.5) is 11.6 Å². The predicted molar refractivity (Wildman–Crippen MR) is 83.6 cm³/mol. The summed E-state index contributed by atoms with van der Waals surface area (Å²) in [6.07, 6.45) is 5.70. The van der Waals surface area contributed by atoms with E-state index >= 15 is 0 Å². The Kier molecular flexibility index (Phi) is 3.56. The van der Waals surface area contributed by atoms with Crippen LogP contribution in [0.2, 0.25) is 0 Å². The van der Waals surface area contributed by atoms with Gasteiger partial charge in [0, 0.05) is 30.9 Å². The third kappa shape index (κ3) is 2.34. The molecule has 0 spiro atoms. The van der Waals surface area contributed by atoms with Crippen LogP contribution >= 0.6 is 11.3 Å². The van der Waals surface area contributed by atoms with Gasteiger partial charge in [0.05, 0.1) is 12.7 Å². The molecular weight excluding hydrogens is 270 g/mol. The zero-order valence-electron chi connectivity index (χ0n) is 11.6. The molecule has 3 rings (SSSR count). The van der Waals surface area contributed by atoms with E-state index in [-0.39, 0.29) is 0 Å². The molecule has 0 saturated heterocycles. The second-order valence-electron chi connectivity index (χ2n) is 4.45. The lowest BCUT2D eigenvalue weighted by molar-refractivity contribution is 0.821. The van der Waals surface area contributed by atoms with E-state index < -0.39 is 0 Å². The lowest BCUT2D eigenvalue weighted by Crippen LogP contribution is -2.23. The van der Waals surface area contributed by atoms with Crippen LogP contribution < -0.4 is 10.2 Å². The van der Waals surface area contributed by atoms with Gasteiger partial charge in [-0.15, -0.1) is 11.3 Å². The molecule has 3 aromatic rings. The van der Waals surface area contributed by atoms with Gasteiger partial charge in [0.25, 0.3) is 0 Å². The van der Waals surface area contributed by atoms with Crippen molar-refractivity contribution >= 4 is 28.6 Å². The highest BCUT2D eigenvalue weighted by atomic mass is 32.1. The Balaban J connectivity index is 2.03. The van der Waals surface area contributed by atoms with Gasteiger partial charge in [0.15, 0.2) is 11.5 Å². The van der Waals surface area contributed by atoms with E-state index in [0.29, 0.717) is 0 Å². The monoisotopic (exact) mass is 287 g/mol. The SMILES string of the molecule is CCN(Cc1cccs1)c1nc(NC)cn2ccnc12. The number of thiophene rings is 1. The lowest BCUT2D eigenvalue weighted by Gasteiger charge is -2.22. The fourth-order valence-corrected chi connectivity index (χ4v) is 2.89. The summed E-state index contributed by atoms with van der Waals surface area (Å²) in [6, 6.07) is 4.23. The zero-order valence-corrected chi connectivity index (χ0v) is 12.4. The van der Waals surface area contributed by atoms with Crippen LogP contribution in [0.5, 0.6) is 0 Å². The molecule has 20 heavy (non-hydrogen) atoms. The summed E-state index contributed by atoms with van der Waals surface area (Å²) >= 11 is 1.77. The molecule has 1 N–H and O–H groups in total. The number of fused-ring (bicyclic) bond motifs is 1. The Morgan fingerprint density at radius 3 is 3.05 bits per heavy atom. The van der Waals surface area contributed by atoms with Gasteiger partial charge in [-0.1, -0.05) is 6.07 Å². The topological polar surface area (TPSA) is 45.5 Å². The molecule has 0 radical (unpaired) electrons. The first-order valence-electron chi connectivity index (χ1n) is 6.60. The first-order valence-corrected chi connectivity index (χ1v) is 7.48. The number of imidazole rings is 1. The summed E-state index contributed by atoms with van der Waals surface area (Å²) in [7, 11) is 1.88. The molecule has 0 aliphatic carbocycles. The van der Waals surface area contributed by atoms with Gasteiger partial charge >= 0.3 is 0 Å². The molecule has 0 fully saturated rings. The van der Waals surface area contributed by atoms with E-state index in [2.05, 4.69) is 44.6 Å². The number of anilines is 2. The lowest BCUT2D eigenvalue weighted by atomic mass is 10.4. The second kappa shape index (κ2) is 5.50. The van der Waals surface area contributed by atoms with Crippen LogP contribution in [0.15, 0.2) is 36.1 Å². The maximum Gasteiger partial charge on any atom is 0.180 e. The van der Waals surface area contributed by atoms with Gasteiger partial charge in [-0.2, -0.15) is 0 Å². The Hall–Kier alpha value is -2.08. The highest BCUT2D eigenvalue weighted by molar-refractivity contribution is 7.09. The molecule has 3 aromatic heterocycles. The Bertz CT molecular complexity index is 689. The number of aromatic nitrogens is 3. The highest BCUT2D eigenvalue weighted by Crippen LogP contribution is 2.23. The van der Waals surface area contributed by atoms with E-state index in [9.17, 15) is 0 Å². The third-order valence-electron chi connectivity index (χ3n) is 3.22. The number of nitrogens with zero attached hydrogens (tertiary/aromatic N) is 4. The van der Waals surface area contributed by atoms with Gasteiger partial charge in [-0.25, -0.2) is 9.97 Å². The molecule has 0 saturated carbocycles. The van der Waals surface area contributed by atoms with E-state index in [1.165, 1.54) is 4.88 Å². The second-order valence-corrected chi connectivity index (χ2v) is 5.48. The average Bonchev–Trinajstić information content (AvgIpc) is 3.14. The molecule has 3 heterocycles. The largest absolute Gasteiger partial charge is 0.372 e. The zero-order chi connectivity index (χ0) is 13.9. The van der Waals surface area contributed by atoms with Gasteiger partial charge in [0.1, 0.15) is 5.82 Å². The van der Waals surface area contributed by atoms with Crippen LogP contribution in [0.3, 0.4) is 0 Å². The van der Waals surface area contributed by atoms with Gasteiger partial charge in [-0.3, -0.25) is 0 Å². The van der Waals surface area contributed by atoms with Crippen molar-refractivity contribution in [3.8, 4) is 0 Å². The van der Waals surface area contributed by atoms with E-state index in [1.54, 1.807) is 17.5 Å². The highest BCUT2D eigenvalue weighted by Gasteiger charge is 2.14. The molecule has 104 valence electrons. The Morgan fingerprint density at radius 1 is 1.45 bits per heavy atom. The average molecular weight is 287 g/mol. The van der Waals surface area contributed by atoms with E-state index in [0.717, 1.165) is 30.4 Å². The minimum absolute atomic E-state index is 0.843. The minimum Gasteiger partial charge on any atom is -0.372 e. The summed E-state index contributed by atoms with van der Waals surface area (Å²) < 4.78 is 2.01. The number of hydrogen-bond donors (Lipinski definition) is 1. The number of rotatable bonds is 5. The quantitative estimate of drug-likeness (QED) is 0.784. The standard InChI is InChI=1S/C14H17N5S/c1-3-18(9-11-5-4-8-20-11)14-13-16-6-7-19(13)10-12(15-2)17-14/h4-8,10,15H,3,9H2,1-2H3. The van der Waals surface area contributed by atoms with Crippen LogP contribution in [-0.4, -0.2) is 28.0 Å². The van der Waals surface area contributed by atoms with Crippen molar-refractivity contribution in [3.63, 3.8) is 0 Å². The van der Waals surface area contributed by atoms with Crippen molar-refractivity contribution in [1.82, 2.24) is 14.4 Å². The van der Waals surface area contributed by atoms with Gasteiger partial charge in [-0.05, 0) is 18.4 Å². The Morgan fingerprint density at radius 2 is 2.35 bits per heavy atom. The normalized spacial score (nSPS) is 10.9. The summed E-state index contributed by atoms with van der Waals surface area (Å²) in [6.45, 7) is 3.89. The maximum atomic E-state index is 4.68. The number of hydrogen-bond acceptors (Lipinski definition) is 5. The van der Waals surface area contributed by atoms with Gasteiger partial charge < -0.3 is 14.6 Å². The fraction of sp³-hybridized carbons (Fsp3) is 0.286. The van der Waals surface area contributed by atoms with Gasteiger partial charge in [0.2, 0.25) is 0 Å². The molecule has 5 nitrogen and oxygen atoms in total. The molecule has 0 atom stereocenters. The van der Waals surface area contributed by atoms with Crippen molar-refractivity contribution < 1.29 is 0 Å². The number of nitrogens with one attached hydrogen (secondary N) is 1. The minimum atomic E-state index is 0.843. The molecule has 0 aliphatic heterocycles. The molecule has 0 amide bonds. The van der Waals surface area contributed by atoms with Crippen molar-refractivity contribution in [2.45, 2.75) is 13.5 Å². The van der Waals surface area contributed by atoms with Crippen molar-refractivity contribution in [1.29, 1.82) is 0 Å². The van der Waals surface area contributed by atoms with E-state index in [4.69, 9.17) is 0 Å². The first kappa shape index (κ1) is 12.9. The van der Waals surface area contributed by atoms with Crippen LogP contribution in [0.1, 0.15) is 11.8 Å². The molecule has 0 aliphatic rings. The van der Waals surface area contributed by atoms with E-state index in [1.807, 2.05) is 23.8 Å². The molecule has 0 unspecified atom stereocenters. The molecule has 6 heteroatoms. The fourth-order valence-electron chi connectivity index (χ4n) is 2.17. The van der Waals surface area contributed by atoms with Crippen LogP contribution in [-0.2, 0) is 6.54 Å². The smallest absolute Gasteiger partial charge is 0.180 e. The van der Waals surface area contributed by atoms with Crippen molar-refractivity contribution in [2.24, 2.45) is 0 Å². The summed E-state index contributed by atoms with van der Waals surface area (Å²) in [5, 5.41) is 5.21. The summed E-state index contributed by atoms with van der Waals surface area (Å²) in [4.78, 5) is 12.7. The first-order chi connectivity index (χ1) is 9.81. The summed E-state index contributed by atoms with van der Waals surface area (Å²) in [5.74, 6) is 1.76. The van der Waals surface area contributed by atoms with Crippen molar-refractivity contribution in [2.75, 3.05) is 23.8 Å². The Labute approximate surface area is 121 Å².